The minimum atomic E-state index is -0.717. The zero-order valence-electron chi connectivity index (χ0n) is 17.1. The Hall–Kier alpha value is -1.55. The van der Waals surface area contributed by atoms with Crippen LogP contribution in [0.15, 0.2) is 48.5 Å². The molecule has 4 heteroatoms. The topological polar surface area (TPSA) is 58.3 Å². The molecule has 0 radical (unpaired) electrons. The van der Waals surface area contributed by atoms with Gasteiger partial charge in [-0.05, 0) is 98.6 Å². The summed E-state index contributed by atoms with van der Waals surface area (Å²) in [4.78, 5) is 0. The lowest BCUT2D eigenvalue weighted by molar-refractivity contribution is -0.00565. The first-order valence-electron chi connectivity index (χ1n) is 11.1. The first kappa shape index (κ1) is 20.7. The summed E-state index contributed by atoms with van der Waals surface area (Å²) < 4.78 is 0. The van der Waals surface area contributed by atoms with Gasteiger partial charge in [0.2, 0.25) is 0 Å². The van der Waals surface area contributed by atoms with Gasteiger partial charge in [-0.15, -0.1) is 0 Å². The van der Waals surface area contributed by atoms with Gasteiger partial charge in [-0.25, -0.2) is 0 Å². The summed E-state index contributed by atoms with van der Waals surface area (Å²) in [6.07, 6.45) is 8.41. The Balaban J connectivity index is 1.29. The third-order valence-corrected chi connectivity index (χ3v) is 7.31. The lowest BCUT2D eigenvalue weighted by atomic mass is 9.73. The zero-order valence-corrected chi connectivity index (χ0v) is 17.9. The lowest BCUT2D eigenvalue weighted by Crippen LogP contribution is -2.30. The molecule has 0 atom stereocenters. The Labute approximate surface area is 179 Å². The molecule has 0 bridgehead atoms. The standard InChI is InChI=1S/C25H33ClN2O/c26-22-7-5-21(6-8-22)25(29)15-13-20(14-16-25)19-3-11-24(12-4-19)28-17-18-1-9-23(27)10-2-18/h3-8,11-12,18,20,23,28-29H,1-2,9-10,13-17,27H2. The molecule has 0 aromatic heterocycles. The number of halogens is 1. The molecule has 2 fully saturated rings. The van der Waals surface area contributed by atoms with E-state index < -0.39 is 5.60 Å². The van der Waals surface area contributed by atoms with E-state index in [1.165, 1.54) is 24.1 Å². The Morgan fingerprint density at radius 3 is 2.14 bits per heavy atom. The van der Waals surface area contributed by atoms with E-state index in [4.69, 9.17) is 17.3 Å². The van der Waals surface area contributed by atoms with Gasteiger partial charge in [-0.1, -0.05) is 35.9 Å². The summed E-state index contributed by atoms with van der Waals surface area (Å²) >= 11 is 5.99. The van der Waals surface area contributed by atoms with E-state index in [1.54, 1.807) is 0 Å². The summed E-state index contributed by atoms with van der Waals surface area (Å²) in [6, 6.07) is 17.0. The average molecular weight is 413 g/mol. The van der Waals surface area contributed by atoms with Gasteiger partial charge >= 0.3 is 0 Å². The molecule has 3 nitrogen and oxygen atoms in total. The van der Waals surface area contributed by atoms with E-state index in [1.807, 2.05) is 24.3 Å². The van der Waals surface area contributed by atoms with Gasteiger partial charge in [0.25, 0.3) is 0 Å². The van der Waals surface area contributed by atoms with Crippen LogP contribution in [0.4, 0.5) is 5.69 Å². The van der Waals surface area contributed by atoms with Crippen LogP contribution in [0.25, 0.3) is 0 Å². The molecular weight excluding hydrogens is 380 g/mol. The van der Waals surface area contributed by atoms with Gasteiger partial charge in [-0.3, -0.25) is 0 Å². The molecule has 0 spiro atoms. The summed E-state index contributed by atoms with van der Waals surface area (Å²) in [6.45, 7) is 1.05. The highest BCUT2D eigenvalue weighted by Gasteiger charge is 2.35. The van der Waals surface area contributed by atoms with Gasteiger partial charge in [-0.2, -0.15) is 0 Å². The summed E-state index contributed by atoms with van der Waals surface area (Å²) in [5.41, 5.74) is 8.87. The molecule has 2 aliphatic rings. The average Bonchev–Trinajstić information content (AvgIpc) is 2.75. The molecule has 2 aliphatic carbocycles. The fourth-order valence-corrected chi connectivity index (χ4v) is 5.13. The molecular formula is C25H33ClN2O. The van der Waals surface area contributed by atoms with Crippen molar-refractivity contribution in [3.8, 4) is 0 Å². The molecule has 0 amide bonds. The molecule has 0 saturated heterocycles. The van der Waals surface area contributed by atoms with Crippen molar-refractivity contribution >= 4 is 17.3 Å². The SMILES string of the molecule is NC1CCC(CNc2ccc(C3CCC(O)(c4ccc(Cl)cc4)CC3)cc2)CC1. The van der Waals surface area contributed by atoms with Gasteiger partial charge < -0.3 is 16.2 Å². The number of benzene rings is 2. The van der Waals surface area contributed by atoms with Crippen LogP contribution < -0.4 is 11.1 Å². The molecule has 2 aromatic carbocycles. The van der Waals surface area contributed by atoms with Crippen molar-refractivity contribution in [1.29, 1.82) is 0 Å². The van der Waals surface area contributed by atoms with E-state index in [0.717, 1.165) is 56.6 Å². The highest BCUT2D eigenvalue weighted by Crippen LogP contribution is 2.43. The fraction of sp³-hybridized carbons (Fsp3) is 0.520. The number of nitrogens with two attached hydrogens (primary N) is 1. The second-order valence-corrected chi connectivity index (χ2v) is 9.53. The Morgan fingerprint density at radius 2 is 1.52 bits per heavy atom. The molecule has 2 aromatic rings. The van der Waals surface area contributed by atoms with E-state index in [0.29, 0.717) is 17.0 Å². The third kappa shape index (κ3) is 5.14. The van der Waals surface area contributed by atoms with E-state index in [2.05, 4.69) is 29.6 Å². The van der Waals surface area contributed by atoms with Crippen LogP contribution in [0.5, 0.6) is 0 Å². The van der Waals surface area contributed by atoms with Crippen LogP contribution in [-0.4, -0.2) is 17.7 Å². The van der Waals surface area contributed by atoms with Crippen LogP contribution in [0.3, 0.4) is 0 Å². The van der Waals surface area contributed by atoms with Crippen LogP contribution in [0.2, 0.25) is 5.02 Å². The number of hydrogen-bond acceptors (Lipinski definition) is 3. The van der Waals surface area contributed by atoms with Crippen LogP contribution in [0, 0.1) is 5.92 Å². The monoisotopic (exact) mass is 412 g/mol. The highest BCUT2D eigenvalue weighted by atomic mass is 35.5. The van der Waals surface area contributed by atoms with Crippen LogP contribution >= 0.6 is 11.6 Å². The van der Waals surface area contributed by atoms with Gasteiger partial charge in [0.15, 0.2) is 0 Å². The van der Waals surface area contributed by atoms with E-state index >= 15 is 0 Å². The van der Waals surface area contributed by atoms with Crippen molar-refractivity contribution in [2.24, 2.45) is 11.7 Å². The van der Waals surface area contributed by atoms with Gasteiger partial charge in [0, 0.05) is 23.3 Å². The maximum atomic E-state index is 11.1. The first-order valence-corrected chi connectivity index (χ1v) is 11.5. The van der Waals surface area contributed by atoms with Crippen molar-refractivity contribution in [1.82, 2.24) is 0 Å². The van der Waals surface area contributed by atoms with Crippen molar-refractivity contribution in [3.05, 3.63) is 64.7 Å². The summed E-state index contributed by atoms with van der Waals surface area (Å²) in [5.74, 6) is 1.27. The molecule has 156 valence electrons. The lowest BCUT2D eigenvalue weighted by Gasteiger charge is -2.36. The maximum Gasteiger partial charge on any atom is 0.0897 e. The fourth-order valence-electron chi connectivity index (χ4n) is 5.01. The zero-order chi connectivity index (χ0) is 20.3. The second-order valence-electron chi connectivity index (χ2n) is 9.10. The predicted molar refractivity (Wildman–Crippen MR) is 121 cm³/mol. The molecule has 4 N–H and O–H groups in total. The molecule has 0 heterocycles. The number of nitrogens with one attached hydrogen (secondary N) is 1. The van der Waals surface area contributed by atoms with Crippen molar-refractivity contribution in [3.63, 3.8) is 0 Å². The number of rotatable bonds is 5. The smallest absolute Gasteiger partial charge is 0.0897 e. The normalized spacial score (nSPS) is 30.1. The van der Waals surface area contributed by atoms with Gasteiger partial charge in [0.1, 0.15) is 0 Å². The number of anilines is 1. The van der Waals surface area contributed by atoms with E-state index in [9.17, 15) is 5.11 Å². The quantitative estimate of drug-likeness (QED) is 0.580. The molecule has 0 unspecified atom stereocenters. The number of aliphatic hydroxyl groups is 1. The molecule has 29 heavy (non-hydrogen) atoms. The predicted octanol–water partition coefficient (Wildman–Crippen LogP) is 5.81. The van der Waals surface area contributed by atoms with Crippen LogP contribution in [-0.2, 0) is 5.60 Å². The Kier molecular flexibility index (Phi) is 6.48. The highest BCUT2D eigenvalue weighted by molar-refractivity contribution is 6.30. The largest absolute Gasteiger partial charge is 0.385 e. The molecule has 4 rings (SSSR count). The van der Waals surface area contributed by atoms with Gasteiger partial charge in [0.05, 0.1) is 5.60 Å². The minimum absolute atomic E-state index is 0.415. The Bertz CT molecular complexity index is 773. The van der Waals surface area contributed by atoms with Crippen molar-refractivity contribution in [2.75, 3.05) is 11.9 Å². The second kappa shape index (κ2) is 9.07. The van der Waals surface area contributed by atoms with Crippen molar-refractivity contribution < 1.29 is 5.11 Å². The summed E-state index contributed by atoms with van der Waals surface area (Å²) in [5, 5.41) is 15.4. The summed E-state index contributed by atoms with van der Waals surface area (Å²) in [7, 11) is 0. The maximum absolute atomic E-state index is 11.1. The molecule has 0 aliphatic heterocycles. The first-order chi connectivity index (χ1) is 14.0. The minimum Gasteiger partial charge on any atom is -0.385 e. The Morgan fingerprint density at radius 1 is 0.897 bits per heavy atom. The molecule has 2 saturated carbocycles. The van der Waals surface area contributed by atoms with Crippen LogP contribution in [0.1, 0.15) is 68.4 Å². The van der Waals surface area contributed by atoms with Crippen molar-refractivity contribution in [2.45, 2.75) is 68.9 Å². The third-order valence-electron chi connectivity index (χ3n) is 7.06. The number of hydrogen-bond donors (Lipinski definition) is 3. The van der Waals surface area contributed by atoms with E-state index in [-0.39, 0.29) is 0 Å².